The van der Waals surface area contributed by atoms with Crippen molar-refractivity contribution in [2.24, 2.45) is 4.99 Å². The Balaban J connectivity index is 1.77. The van der Waals surface area contributed by atoms with Crippen molar-refractivity contribution in [2.45, 2.75) is 24.7 Å². The first-order valence-electron chi connectivity index (χ1n) is 8.61. The summed E-state index contributed by atoms with van der Waals surface area (Å²) in [5.41, 5.74) is 1.14. The average molecular weight is 374 g/mol. The van der Waals surface area contributed by atoms with Crippen LogP contribution in [0.15, 0.2) is 52.4 Å². The lowest BCUT2D eigenvalue weighted by atomic mass is 10.2. The Kier molecular flexibility index (Phi) is 5.58. The number of para-hydroxylation sites is 1. The van der Waals surface area contributed by atoms with Crippen molar-refractivity contribution in [1.82, 2.24) is 4.31 Å². The Morgan fingerprint density at radius 3 is 2.50 bits per heavy atom. The maximum absolute atomic E-state index is 12.5. The molecule has 1 N–H and O–H groups in total. The molecule has 138 valence electrons. The number of benzene rings is 2. The molecule has 1 heterocycles. The molecule has 0 aromatic heterocycles. The van der Waals surface area contributed by atoms with E-state index in [1.54, 1.807) is 42.5 Å². The minimum atomic E-state index is -3.42. The summed E-state index contributed by atoms with van der Waals surface area (Å²) in [6.07, 6.45) is 3.35. The van der Waals surface area contributed by atoms with E-state index in [1.165, 1.54) is 10.5 Å². The molecule has 0 aliphatic carbocycles. The summed E-state index contributed by atoms with van der Waals surface area (Å²) < 4.78 is 31.9. The normalized spacial score (nSPS) is 15.6. The molecule has 6 nitrogen and oxygen atoms in total. The molecule has 2 aromatic rings. The average Bonchev–Trinajstić information content (AvgIpc) is 3.19. The third kappa shape index (κ3) is 3.89. The van der Waals surface area contributed by atoms with Crippen molar-refractivity contribution >= 4 is 21.9 Å². The van der Waals surface area contributed by atoms with Crippen LogP contribution in [-0.2, 0) is 10.0 Å². The third-order valence-corrected chi connectivity index (χ3v) is 6.14. The van der Waals surface area contributed by atoms with Crippen molar-refractivity contribution in [3.05, 3.63) is 48.0 Å². The second kappa shape index (κ2) is 7.88. The van der Waals surface area contributed by atoms with Gasteiger partial charge in [0.2, 0.25) is 10.0 Å². The van der Waals surface area contributed by atoms with Gasteiger partial charge in [0.15, 0.2) is 11.5 Å². The van der Waals surface area contributed by atoms with E-state index in [9.17, 15) is 13.5 Å². The van der Waals surface area contributed by atoms with Gasteiger partial charge in [-0.15, -0.1) is 0 Å². The van der Waals surface area contributed by atoms with E-state index >= 15 is 0 Å². The van der Waals surface area contributed by atoms with Crippen molar-refractivity contribution < 1.29 is 18.3 Å². The third-order valence-electron chi connectivity index (χ3n) is 4.22. The number of hydrogen-bond acceptors (Lipinski definition) is 5. The van der Waals surface area contributed by atoms with E-state index in [0.717, 1.165) is 12.8 Å². The van der Waals surface area contributed by atoms with Gasteiger partial charge in [-0.25, -0.2) is 8.42 Å². The fourth-order valence-corrected chi connectivity index (χ4v) is 4.36. The van der Waals surface area contributed by atoms with Gasteiger partial charge in [0, 0.05) is 24.9 Å². The van der Waals surface area contributed by atoms with Crippen molar-refractivity contribution in [3.63, 3.8) is 0 Å². The number of phenols is 1. The van der Waals surface area contributed by atoms with Gasteiger partial charge in [0.25, 0.3) is 0 Å². The lowest BCUT2D eigenvalue weighted by molar-refractivity contribution is 0.318. The highest BCUT2D eigenvalue weighted by molar-refractivity contribution is 7.89. The number of aliphatic imine (C=N–C) groups is 1. The molecule has 0 unspecified atom stereocenters. The Bertz CT molecular complexity index is 886. The van der Waals surface area contributed by atoms with Crippen LogP contribution in [0.25, 0.3) is 0 Å². The molecule has 0 bridgehead atoms. The SMILES string of the molecule is CCOc1cccc(C=Nc2ccc(S(=O)(=O)N3CCCC3)cc2)c1O. The molecule has 0 spiro atoms. The predicted octanol–water partition coefficient (Wildman–Crippen LogP) is 3.33. The van der Waals surface area contributed by atoms with Gasteiger partial charge >= 0.3 is 0 Å². The van der Waals surface area contributed by atoms with E-state index in [-0.39, 0.29) is 10.6 Å². The minimum Gasteiger partial charge on any atom is -0.504 e. The van der Waals surface area contributed by atoms with E-state index in [0.29, 0.717) is 36.7 Å². The highest BCUT2D eigenvalue weighted by Crippen LogP contribution is 2.29. The molecule has 0 radical (unpaired) electrons. The van der Waals surface area contributed by atoms with Crippen molar-refractivity contribution in [1.29, 1.82) is 0 Å². The minimum absolute atomic E-state index is 0.0336. The molecule has 1 aliphatic rings. The fraction of sp³-hybridized carbons (Fsp3) is 0.316. The summed E-state index contributed by atoms with van der Waals surface area (Å²) in [4.78, 5) is 4.59. The number of hydrogen-bond donors (Lipinski definition) is 1. The Hall–Kier alpha value is -2.38. The Morgan fingerprint density at radius 2 is 1.85 bits per heavy atom. The zero-order chi connectivity index (χ0) is 18.6. The first-order chi connectivity index (χ1) is 12.5. The van der Waals surface area contributed by atoms with Gasteiger partial charge in [-0.1, -0.05) is 6.07 Å². The van der Waals surface area contributed by atoms with Crippen LogP contribution in [0.5, 0.6) is 11.5 Å². The summed E-state index contributed by atoms with van der Waals surface area (Å²) in [5.74, 6) is 0.440. The second-order valence-corrected chi connectivity index (χ2v) is 7.93. The predicted molar refractivity (Wildman–Crippen MR) is 101 cm³/mol. The van der Waals surface area contributed by atoms with Crippen LogP contribution in [0.2, 0.25) is 0 Å². The summed E-state index contributed by atoms with van der Waals surface area (Å²) >= 11 is 0. The lowest BCUT2D eigenvalue weighted by Crippen LogP contribution is -2.27. The molecule has 26 heavy (non-hydrogen) atoms. The number of nitrogens with zero attached hydrogens (tertiary/aromatic N) is 2. The van der Waals surface area contributed by atoms with Crippen LogP contribution in [0.3, 0.4) is 0 Å². The van der Waals surface area contributed by atoms with Crippen LogP contribution < -0.4 is 4.74 Å². The Morgan fingerprint density at radius 1 is 1.15 bits per heavy atom. The highest BCUT2D eigenvalue weighted by atomic mass is 32.2. The maximum Gasteiger partial charge on any atom is 0.243 e. The van der Waals surface area contributed by atoms with Gasteiger partial charge in [-0.2, -0.15) is 4.31 Å². The maximum atomic E-state index is 12.5. The monoisotopic (exact) mass is 374 g/mol. The van der Waals surface area contributed by atoms with E-state index in [4.69, 9.17) is 4.74 Å². The topological polar surface area (TPSA) is 79.2 Å². The summed E-state index contributed by atoms with van der Waals surface area (Å²) in [7, 11) is -3.42. The first-order valence-corrected chi connectivity index (χ1v) is 10.1. The van der Waals surface area contributed by atoms with E-state index in [2.05, 4.69) is 4.99 Å². The summed E-state index contributed by atoms with van der Waals surface area (Å²) in [5, 5.41) is 10.2. The number of phenolic OH excluding ortho intramolecular Hbond substituents is 1. The van der Waals surface area contributed by atoms with Crippen LogP contribution in [0.1, 0.15) is 25.3 Å². The second-order valence-electron chi connectivity index (χ2n) is 5.99. The van der Waals surface area contributed by atoms with Gasteiger partial charge in [0.05, 0.1) is 17.2 Å². The quantitative estimate of drug-likeness (QED) is 0.787. The molecule has 0 amide bonds. The van der Waals surface area contributed by atoms with Crippen LogP contribution in [-0.4, -0.2) is 43.7 Å². The number of sulfonamides is 1. The standard InChI is InChI=1S/C19H22N2O4S/c1-2-25-18-7-5-6-15(19(18)22)14-20-16-8-10-17(11-9-16)26(23,24)21-12-3-4-13-21/h5-11,14,22H,2-4,12-13H2,1H3. The van der Waals surface area contributed by atoms with Crippen LogP contribution in [0.4, 0.5) is 5.69 Å². The Labute approximate surface area is 153 Å². The molecular weight excluding hydrogens is 352 g/mol. The zero-order valence-corrected chi connectivity index (χ0v) is 15.4. The fourth-order valence-electron chi connectivity index (χ4n) is 2.84. The number of ether oxygens (including phenoxy) is 1. The van der Waals surface area contributed by atoms with E-state index in [1.807, 2.05) is 6.92 Å². The van der Waals surface area contributed by atoms with Crippen molar-refractivity contribution in [3.8, 4) is 11.5 Å². The molecular formula is C19H22N2O4S. The zero-order valence-electron chi connectivity index (χ0n) is 14.6. The molecule has 1 saturated heterocycles. The largest absolute Gasteiger partial charge is 0.504 e. The van der Waals surface area contributed by atoms with Gasteiger partial charge in [0.1, 0.15) is 0 Å². The molecule has 0 atom stereocenters. The van der Waals surface area contributed by atoms with Gasteiger partial charge in [-0.3, -0.25) is 4.99 Å². The molecule has 1 aliphatic heterocycles. The van der Waals surface area contributed by atoms with Crippen LogP contribution >= 0.6 is 0 Å². The summed E-state index contributed by atoms with van der Waals surface area (Å²) in [6.45, 7) is 3.47. The molecule has 2 aromatic carbocycles. The smallest absolute Gasteiger partial charge is 0.243 e. The highest BCUT2D eigenvalue weighted by Gasteiger charge is 2.26. The number of aromatic hydroxyl groups is 1. The molecule has 3 rings (SSSR count). The lowest BCUT2D eigenvalue weighted by Gasteiger charge is -2.15. The number of rotatable bonds is 6. The van der Waals surface area contributed by atoms with Crippen molar-refractivity contribution in [2.75, 3.05) is 19.7 Å². The van der Waals surface area contributed by atoms with E-state index < -0.39 is 10.0 Å². The van der Waals surface area contributed by atoms with Crippen LogP contribution in [0, 0.1) is 0 Å². The van der Waals surface area contributed by atoms with Gasteiger partial charge < -0.3 is 9.84 Å². The van der Waals surface area contributed by atoms with Gasteiger partial charge in [-0.05, 0) is 56.2 Å². The molecule has 1 fully saturated rings. The summed E-state index contributed by atoms with van der Waals surface area (Å²) in [6, 6.07) is 11.6. The first kappa shape index (κ1) is 18.4. The molecule has 0 saturated carbocycles. The molecule has 7 heteroatoms.